The van der Waals surface area contributed by atoms with Crippen LogP contribution in [0.3, 0.4) is 0 Å². The minimum atomic E-state index is -5.38. The molecular weight excluding hydrogens is 959 g/mol. The van der Waals surface area contributed by atoms with Crippen molar-refractivity contribution >= 4 is 27.6 Å². The van der Waals surface area contributed by atoms with Crippen LogP contribution in [-0.4, -0.2) is 114 Å². The number of carbonyl (C=O) groups is 2. The Bertz CT molecular complexity index is 1710. The van der Waals surface area contributed by atoms with E-state index in [1.54, 1.807) is 0 Å². The third kappa shape index (κ3) is 35.9. The van der Waals surface area contributed by atoms with E-state index in [0.717, 1.165) is 83.5 Å². The van der Waals surface area contributed by atoms with Crippen molar-refractivity contribution < 1.29 is 82.0 Å². The van der Waals surface area contributed by atoms with E-state index in [-0.39, 0.29) is 18.9 Å². The van der Waals surface area contributed by atoms with Gasteiger partial charge in [-0.1, -0.05) is 150 Å². The van der Waals surface area contributed by atoms with Gasteiger partial charge in [0.25, 0.3) is 0 Å². The standard InChI is InChI=1S/C52H88O17P2/c1-3-5-6-7-8-9-10-11-12-13-14-15-16-17-20-23-26-29-32-35-39-45(54)65-41-44(42-66-71(63,64)69-52-49(58)47(56)48(57)51(50(52)59)68-70(60,61)62)67-46(55)40-36-33-30-27-24-21-18-19-22-25-28-31-34-38-43(53)37-4-2/h9-10,12-13,15-16,18,21-22,25,27,30-31,34,43-44,47-53,56-59H,3-8,11,14,17,19-20,23-24,26,28-29,32-33,35-42H2,1-2H3,(H,63,64)(H2,60,61,62)/b10-9-,13-12-,16-15-,21-18-,25-22-,30-27-,34-31-/t43?,44-,47?,48?,49?,50?,51-,52+/m1/s1. The maximum Gasteiger partial charge on any atom is 0.472 e. The van der Waals surface area contributed by atoms with Crippen molar-refractivity contribution in [1.82, 2.24) is 0 Å². The minimum absolute atomic E-state index is 0.0542. The molecule has 1 saturated carbocycles. The predicted octanol–water partition coefficient (Wildman–Crippen LogP) is 9.54. The fourth-order valence-electron chi connectivity index (χ4n) is 7.28. The first kappa shape index (κ1) is 66.2. The summed E-state index contributed by atoms with van der Waals surface area (Å²) in [6, 6.07) is 0. The number of ether oxygens (including phenoxy) is 2. The topological polar surface area (TPSA) is 276 Å². The largest absolute Gasteiger partial charge is 0.472 e. The smallest absolute Gasteiger partial charge is 0.462 e. The highest BCUT2D eigenvalue weighted by atomic mass is 31.2. The van der Waals surface area contributed by atoms with E-state index < -0.39 is 83.5 Å². The molecule has 0 aromatic heterocycles. The molecule has 71 heavy (non-hydrogen) atoms. The zero-order valence-electron chi connectivity index (χ0n) is 42.2. The monoisotopic (exact) mass is 1050 g/mol. The number of aliphatic hydroxyl groups excluding tert-OH is 5. The molecule has 0 saturated heterocycles. The van der Waals surface area contributed by atoms with Crippen molar-refractivity contribution in [1.29, 1.82) is 0 Å². The van der Waals surface area contributed by atoms with Crippen molar-refractivity contribution in [3.8, 4) is 0 Å². The Morgan fingerprint density at radius 2 is 0.958 bits per heavy atom. The van der Waals surface area contributed by atoms with Gasteiger partial charge < -0.3 is 49.7 Å². The van der Waals surface area contributed by atoms with Crippen LogP contribution in [0.2, 0.25) is 0 Å². The molecule has 17 nitrogen and oxygen atoms in total. The molecule has 19 heteroatoms. The second kappa shape index (κ2) is 41.5. The molecule has 0 bridgehead atoms. The van der Waals surface area contributed by atoms with Gasteiger partial charge in [0, 0.05) is 12.8 Å². The van der Waals surface area contributed by atoms with Crippen molar-refractivity contribution in [2.45, 2.75) is 217 Å². The van der Waals surface area contributed by atoms with Crippen LogP contribution < -0.4 is 0 Å². The van der Waals surface area contributed by atoms with E-state index in [4.69, 9.17) is 18.5 Å². The fourth-order valence-corrected chi connectivity index (χ4v) is 8.81. The Labute approximate surface area is 423 Å². The molecule has 1 aliphatic carbocycles. The first-order chi connectivity index (χ1) is 34.0. The number of phosphoric acid groups is 2. The van der Waals surface area contributed by atoms with Crippen LogP contribution in [0, 0.1) is 0 Å². The SMILES string of the molecule is CCCCCC/C=C\C/C=C\C/C=C\CCCCCCCCC(=O)OC[C@H](COP(=O)(O)O[C@H]1C(O)C(O)C(O)[C@@H](OP(=O)(O)O)C1O)OC(=O)CCC/C=C\C/C=C\C/C=C\C/C=C\CC(O)CCC. The van der Waals surface area contributed by atoms with Crippen LogP contribution in [0.25, 0.3) is 0 Å². The average Bonchev–Trinajstić information content (AvgIpc) is 3.32. The number of phosphoric ester groups is 2. The Balaban J connectivity index is 2.60. The summed E-state index contributed by atoms with van der Waals surface area (Å²) in [5, 5.41) is 51.1. The number of hydrogen-bond donors (Lipinski definition) is 8. The Morgan fingerprint density at radius 3 is 1.48 bits per heavy atom. The van der Waals surface area contributed by atoms with Crippen molar-refractivity contribution in [3.05, 3.63) is 85.1 Å². The van der Waals surface area contributed by atoms with Gasteiger partial charge in [-0.2, -0.15) is 0 Å². The Morgan fingerprint density at radius 1 is 0.507 bits per heavy atom. The normalized spacial score (nSPS) is 22.0. The molecule has 0 spiro atoms. The van der Waals surface area contributed by atoms with Gasteiger partial charge in [-0.15, -0.1) is 0 Å². The molecule has 1 rings (SSSR count). The highest BCUT2D eigenvalue weighted by molar-refractivity contribution is 7.47. The molecule has 9 atom stereocenters. The zero-order chi connectivity index (χ0) is 52.6. The van der Waals surface area contributed by atoms with Gasteiger partial charge in [0.15, 0.2) is 6.10 Å². The Hall–Kier alpha value is -2.86. The summed E-state index contributed by atoms with van der Waals surface area (Å²) in [5.41, 5.74) is 0. The summed E-state index contributed by atoms with van der Waals surface area (Å²) in [5.74, 6) is -1.31. The second-order valence-electron chi connectivity index (χ2n) is 17.7. The minimum Gasteiger partial charge on any atom is -0.462 e. The molecule has 408 valence electrons. The summed E-state index contributed by atoms with van der Waals surface area (Å²) in [4.78, 5) is 54.4. The lowest BCUT2D eigenvalue weighted by atomic mass is 9.85. The predicted molar refractivity (Wildman–Crippen MR) is 275 cm³/mol. The molecule has 1 fully saturated rings. The second-order valence-corrected chi connectivity index (χ2v) is 20.3. The summed E-state index contributed by atoms with van der Waals surface area (Å²) < 4.78 is 49.4. The lowest BCUT2D eigenvalue weighted by molar-refractivity contribution is -0.216. The van der Waals surface area contributed by atoms with Gasteiger partial charge in [-0.25, -0.2) is 9.13 Å². The summed E-state index contributed by atoms with van der Waals surface area (Å²) >= 11 is 0. The van der Waals surface area contributed by atoms with Gasteiger partial charge in [0.2, 0.25) is 0 Å². The van der Waals surface area contributed by atoms with Crippen LogP contribution >= 0.6 is 15.6 Å². The van der Waals surface area contributed by atoms with Crippen LogP contribution in [0.15, 0.2) is 85.1 Å². The molecule has 8 N–H and O–H groups in total. The van der Waals surface area contributed by atoms with E-state index >= 15 is 0 Å². The molecule has 0 aromatic carbocycles. The number of unbranched alkanes of at least 4 members (excludes halogenated alkanes) is 11. The summed E-state index contributed by atoms with van der Waals surface area (Å²) in [6.45, 7) is 2.84. The van der Waals surface area contributed by atoms with Crippen molar-refractivity contribution in [2.75, 3.05) is 13.2 Å². The maximum absolute atomic E-state index is 13.0. The molecule has 0 aliphatic heterocycles. The van der Waals surface area contributed by atoms with Gasteiger partial charge in [-0.05, 0) is 89.9 Å². The molecular formula is C52H88O17P2. The van der Waals surface area contributed by atoms with Crippen molar-refractivity contribution in [2.24, 2.45) is 0 Å². The fraction of sp³-hybridized carbons (Fsp3) is 0.692. The van der Waals surface area contributed by atoms with E-state index in [2.05, 4.69) is 60.1 Å². The van der Waals surface area contributed by atoms with Crippen LogP contribution in [0.5, 0.6) is 0 Å². The number of allylic oxidation sites excluding steroid dienone is 13. The first-order valence-electron chi connectivity index (χ1n) is 25.7. The maximum atomic E-state index is 13.0. The number of carbonyl (C=O) groups excluding carboxylic acids is 2. The van der Waals surface area contributed by atoms with Gasteiger partial charge in [0.1, 0.15) is 43.2 Å². The first-order valence-corrected chi connectivity index (χ1v) is 28.7. The summed E-state index contributed by atoms with van der Waals surface area (Å²) in [7, 11) is -10.7. The average molecular weight is 1050 g/mol. The van der Waals surface area contributed by atoms with Gasteiger partial charge >= 0.3 is 27.6 Å². The highest BCUT2D eigenvalue weighted by Crippen LogP contribution is 2.49. The third-order valence-electron chi connectivity index (χ3n) is 11.2. The Kier molecular flexibility index (Phi) is 38.7. The van der Waals surface area contributed by atoms with E-state index in [1.165, 1.54) is 25.7 Å². The molecule has 0 aromatic rings. The molecule has 0 heterocycles. The molecule has 0 amide bonds. The number of hydrogen-bond acceptors (Lipinski definition) is 14. The molecule has 1 aliphatic rings. The third-order valence-corrected chi connectivity index (χ3v) is 12.8. The highest BCUT2D eigenvalue weighted by Gasteiger charge is 2.54. The lowest BCUT2D eigenvalue weighted by Gasteiger charge is -2.43. The number of esters is 2. The number of rotatable bonds is 42. The molecule has 6 unspecified atom stereocenters. The molecule has 0 radical (unpaired) electrons. The quantitative estimate of drug-likeness (QED) is 0.0122. The number of aliphatic hydroxyl groups is 5. The van der Waals surface area contributed by atoms with Crippen molar-refractivity contribution in [3.63, 3.8) is 0 Å². The van der Waals surface area contributed by atoms with E-state index in [1.807, 2.05) is 43.4 Å². The van der Waals surface area contributed by atoms with Gasteiger partial charge in [0.05, 0.1) is 12.7 Å². The van der Waals surface area contributed by atoms with Crippen LogP contribution in [0.4, 0.5) is 0 Å². The van der Waals surface area contributed by atoms with Crippen LogP contribution in [0.1, 0.15) is 168 Å². The van der Waals surface area contributed by atoms with E-state index in [9.17, 15) is 58.9 Å². The zero-order valence-corrected chi connectivity index (χ0v) is 44.0. The van der Waals surface area contributed by atoms with Gasteiger partial charge in [-0.3, -0.25) is 23.2 Å². The summed E-state index contributed by atoms with van der Waals surface area (Å²) in [6.07, 6.45) is 34.5. The van der Waals surface area contributed by atoms with E-state index in [0.29, 0.717) is 32.1 Å². The lowest BCUT2D eigenvalue weighted by Crippen LogP contribution is -2.64. The van der Waals surface area contributed by atoms with Crippen LogP contribution in [-0.2, 0) is 41.8 Å².